The van der Waals surface area contributed by atoms with Crippen molar-refractivity contribution < 1.29 is 0 Å². The summed E-state index contributed by atoms with van der Waals surface area (Å²) in [6.45, 7) is 1.74. The molecule has 1 unspecified atom stereocenters. The first-order chi connectivity index (χ1) is 10.3. The number of aryl methyl sites for hydroxylation is 1. The molecule has 0 saturated heterocycles. The van der Waals surface area contributed by atoms with Gasteiger partial charge in [-0.25, -0.2) is 0 Å². The summed E-state index contributed by atoms with van der Waals surface area (Å²) in [5, 5.41) is 16.5. The minimum Gasteiger partial charge on any atom is -0.308 e. The number of aromatic nitrogens is 6. The summed E-state index contributed by atoms with van der Waals surface area (Å²) in [6, 6.07) is 3.95. The van der Waals surface area contributed by atoms with Gasteiger partial charge in [0.05, 0.1) is 12.2 Å². The minimum atomic E-state index is 0.0375. The largest absolute Gasteiger partial charge is 0.308 e. The van der Waals surface area contributed by atoms with E-state index in [-0.39, 0.29) is 6.04 Å². The maximum absolute atomic E-state index is 4.39. The van der Waals surface area contributed by atoms with Crippen molar-refractivity contribution in [2.24, 2.45) is 7.05 Å². The first-order valence-corrected chi connectivity index (χ1v) is 6.88. The van der Waals surface area contributed by atoms with Crippen molar-refractivity contribution in [3.63, 3.8) is 0 Å². The summed E-state index contributed by atoms with van der Waals surface area (Å²) in [4.78, 5) is 4.05. The van der Waals surface area contributed by atoms with Crippen molar-refractivity contribution in [1.82, 2.24) is 34.8 Å². The molecule has 106 valence electrons. The van der Waals surface area contributed by atoms with Gasteiger partial charge >= 0.3 is 0 Å². The molecule has 4 rings (SSSR count). The number of nitrogens with one attached hydrogen (secondary N) is 1. The van der Waals surface area contributed by atoms with Gasteiger partial charge in [-0.3, -0.25) is 9.67 Å². The molecular weight excluding hydrogens is 266 g/mol. The number of pyridine rings is 1. The highest BCUT2D eigenvalue weighted by Gasteiger charge is 2.27. The molecule has 0 spiro atoms. The fourth-order valence-corrected chi connectivity index (χ4v) is 2.73. The number of nitrogens with zero attached hydrogens (tertiary/aromatic N) is 6. The molecule has 1 aliphatic rings. The van der Waals surface area contributed by atoms with Crippen LogP contribution < -0.4 is 5.32 Å². The van der Waals surface area contributed by atoms with Crippen molar-refractivity contribution in [2.75, 3.05) is 6.54 Å². The Morgan fingerprint density at radius 1 is 1.24 bits per heavy atom. The molecule has 0 saturated carbocycles. The van der Waals surface area contributed by atoms with Crippen LogP contribution in [-0.2, 0) is 13.6 Å². The summed E-state index contributed by atoms with van der Waals surface area (Å²) < 4.78 is 3.97. The van der Waals surface area contributed by atoms with E-state index < -0.39 is 0 Å². The van der Waals surface area contributed by atoms with Crippen molar-refractivity contribution in [3.8, 4) is 11.4 Å². The van der Waals surface area contributed by atoms with E-state index >= 15 is 0 Å². The Morgan fingerprint density at radius 3 is 2.86 bits per heavy atom. The van der Waals surface area contributed by atoms with Gasteiger partial charge in [-0.15, -0.1) is 10.2 Å². The molecule has 0 radical (unpaired) electrons. The molecule has 21 heavy (non-hydrogen) atoms. The highest BCUT2D eigenvalue weighted by atomic mass is 15.3. The minimum absolute atomic E-state index is 0.0375. The Balaban J connectivity index is 1.78. The van der Waals surface area contributed by atoms with Gasteiger partial charge in [-0.2, -0.15) is 5.10 Å². The van der Waals surface area contributed by atoms with Crippen molar-refractivity contribution in [2.45, 2.75) is 12.6 Å². The summed E-state index contributed by atoms with van der Waals surface area (Å²) in [6.07, 6.45) is 7.43. The second-order valence-electron chi connectivity index (χ2n) is 5.10. The highest BCUT2D eigenvalue weighted by Crippen LogP contribution is 2.27. The molecule has 0 aliphatic carbocycles. The van der Waals surface area contributed by atoms with Gasteiger partial charge in [-0.05, 0) is 12.1 Å². The third-order valence-electron chi connectivity index (χ3n) is 3.72. The lowest BCUT2D eigenvalue weighted by Crippen LogP contribution is -2.34. The molecular formula is C14H15N7. The molecule has 1 atom stereocenters. The molecule has 7 nitrogen and oxygen atoms in total. The maximum atomic E-state index is 4.39. The number of rotatable bonds is 2. The van der Waals surface area contributed by atoms with E-state index in [4.69, 9.17) is 0 Å². The van der Waals surface area contributed by atoms with E-state index in [1.807, 2.05) is 31.6 Å². The van der Waals surface area contributed by atoms with E-state index in [2.05, 4.69) is 30.2 Å². The Hall–Kier alpha value is -2.54. The van der Waals surface area contributed by atoms with E-state index in [1.54, 1.807) is 17.1 Å². The first kappa shape index (κ1) is 12.2. The summed E-state index contributed by atoms with van der Waals surface area (Å²) >= 11 is 0. The lowest BCUT2D eigenvalue weighted by atomic mass is 10.1. The zero-order chi connectivity index (χ0) is 14.2. The van der Waals surface area contributed by atoms with Crippen LogP contribution in [0.15, 0.2) is 36.9 Å². The van der Waals surface area contributed by atoms with Gasteiger partial charge in [0.1, 0.15) is 0 Å². The third kappa shape index (κ3) is 2.02. The van der Waals surface area contributed by atoms with E-state index in [9.17, 15) is 0 Å². The molecule has 0 bridgehead atoms. The van der Waals surface area contributed by atoms with Gasteiger partial charge in [0.25, 0.3) is 0 Å². The fraction of sp³-hybridized carbons (Fsp3) is 0.286. The molecule has 3 aromatic heterocycles. The molecule has 1 N–H and O–H groups in total. The SMILES string of the molecule is Cn1cc(C2NCCn3c(-c4ccncc4)nnc32)cn1. The molecule has 0 aromatic carbocycles. The van der Waals surface area contributed by atoms with Crippen molar-refractivity contribution in [1.29, 1.82) is 0 Å². The molecule has 3 aromatic rings. The molecule has 7 heteroatoms. The van der Waals surface area contributed by atoms with Gasteiger partial charge in [-0.1, -0.05) is 0 Å². The maximum Gasteiger partial charge on any atom is 0.164 e. The Labute approximate surface area is 121 Å². The van der Waals surface area contributed by atoms with Gasteiger partial charge in [0.2, 0.25) is 0 Å². The van der Waals surface area contributed by atoms with Crippen LogP contribution in [0.5, 0.6) is 0 Å². The zero-order valence-electron chi connectivity index (χ0n) is 11.6. The normalized spacial score (nSPS) is 17.7. The molecule has 4 heterocycles. The van der Waals surface area contributed by atoms with Crippen molar-refractivity contribution in [3.05, 3.63) is 48.3 Å². The average molecular weight is 281 g/mol. The molecule has 0 fully saturated rings. The predicted molar refractivity (Wildman–Crippen MR) is 76.3 cm³/mol. The standard InChI is InChI=1S/C14H15N7/c1-20-9-11(8-17-20)12-14-19-18-13(21(14)7-6-16-12)10-2-4-15-5-3-10/h2-5,8-9,12,16H,6-7H2,1H3. The van der Waals surface area contributed by atoms with Crippen LogP contribution in [0.3, 0.4) is 0 Å². The first-order valence-electron chi connectivity index (χ1n) is 6.88. The topological polar surface area (TPSA) is 73.5 Å². The lowest BCUT2D eigenvalue weighted by molar-refractivity contribution is 0.458. The molecule has 1 aliphatic heterocycles. The van der Waals surface area contributed by atoms with Crippen LogP contribution in [0.4, 0.5) is 0 Å². The Bertz CT molecular complexity index is 759. The second-order valence-corrected chi connectivity index (χ2v) is 5.10. The third-order valence-corrected chi connectivity index (χ3v) is 3.72. The van der Waals surface area contributed by atoms with Crippen LogP contribution in [0.2, 0.25) is 0 Å². The summed E-state index contributed by atoms with van der Waals surface area (Å²) in [7, 11) is 1.92. The molecule has 0 amide bonds. The fourth-order valence-electron chi connectivity index (χ4n) is 2.73. The van der Waals surface area contributed by atoms with Crippen LogP contribution >= 0.6 is 0 Å². The predicted octanol–water partition coefficient (Wildman–Crippen LogP) is 0.766. The summed E-state index contributed by atoms with van der Waals surface area (Å²) in [5.74, 6) is 1.82. The van der Waals surface area contributed by atoms with Crippen molar-refractivity contribution >= 4 is 0 Å². The quantitative estimate of drug-likeness (QED) is 0.751. The van der Waals surface area contributed by atoms with Gasteiger partial charge < -0.3 is 9.88 Å². The van der Waals surface area contributed by atoms with E-state index in [0.717, 1.165) is 35.9 Å². The van der Waals surface area contributed by atoms with Crippen LogP contribution in [-0.4, -0.2) is 36.1 Å². The summed E-state index contributed by atoms with van der Waals surface area (Å²) in [5.41, 5.74) is 2.14. The van der Waals surface area contributed by atoms with Gasteiger partial charge in [0, 0.05) is 49.9 Å². The highest BCUT2D eigenvalue weighted by molar-refractivity contribution is 5.54. The average Bonchev–Trinajstić information content (AvgIpc) is 3.14. The van der Waals surface area contributed by atoms with Crippen LogP contribution in [0.1, 0.15) is 17.4 Å². The Morgan fingerprint density at radius 2 is 2.10 bits per heavy atom. The number of hydrogen-bond donors (Lipinski definition) is 1. The lowest BCUT2D eigenvalue weighted by Gasteiger charge is -2.24. The van der Waals surface area contributed by atoms with Crippen LogP contribution in [0.25, 0.3) is 11.4 Å². The Kier molecular flexibility index (Phi) is 2.78. The van der Waals surface area contributed by atoms with Gasteiger partial charge in [0.15, 0.2) is 11.6 Å². The van der Waals surface area contributed by atoms with Crippen LogP contribution in [0, 0.1) is 0 Å². The zero-order valence-corrected chi connectivity index (χ0v) is 11.6. The monoisotopic (exact) mass is 281 g/mol. The number of fused-ring (bicyclic) bond motifs is 1. The number of hydrogen-bond acceptors (Lipinski definition) is 5. The van der Waals surface area contributed by atoms with E-state index in [1.165, 1.54) is 0 Å². The second kappa shape index (κ2) is 4.78. The van der Waals surface area contributed by atoms with E-state index in [0.29, 0.717) is 0 Å². The smallest absolute Gasteiger partial charge is 0.164 e.